The van der Waals surface area contributed by atoms with Crippen LogP contribution in [0.3, 0.4) is 0 Å². The summed E-state index contributed by atoms with van der Waals surface area (Å²) < 4.78 is 13.4. The topological polar surface area (TPSA) is 66.5 Å². The fraction of sp³-hybridized carbons (Fsp3) is 0.118. The van der Waals surface area contributed by atoms with Crippen LogP contribution >= 0.6 is 15.9 Å². The van der Waals surface area contributed by atoms with Crippen molar-refractivity contribution in [1.82, 2.24) is 0 Å². The van der Waals surface area contributed by atoms with Crippen molar-refractivity contribution >= 4 is 44.9 Å². The van der Waals surface area contributed by atoms with E-state index in [1.165, 1.54) is 6.07 Å². The summed E-state index contributed by atoms with van der Waals surface area (Å²) in [5, 5.41) is 2.60. The van der Waals surface area contributed by atoms with Crippen molar-refractivity contribution in [1.29, 1.82) is 0 Å². The largest absolute Gasteiger partial charge is 0.325 e. The van der Waals surface area contributed by atoms with E-state index in [0.717, 1.165) is 4.90 Å². The van der Waals surface area contributed by atoms with Crippen LogP contribution in [-0.2, 0) is 16.3 Å². The number of nitrogens with one attached hydrogen (secondary N) is 1. The van der Waals surface area contributed by atoms with Gasteiger partial charge in [-0.2, -0.15) is 0 Å². The molecule has 2 aromatic rings. The van der Waals surface area contributed by atoms with Gasteiger partial charge in [0.15, 0.2) is 0 Å². The van der Waals surface area contributed by atoms with E-state index in [2.05, 4.69) is 21.2 Å². The summed E-state index contributed by atoms with van der Waals surface area (Å²) in [6, 6.07) is 11.2. The van der Waals surface area contributed by atoms with Gasteiger partial charge in [-0.1, -0.05) is 28.1 Å². The number of Topliss-reactive ketones (excluding diaryl/α,β-unsaturated/α-hetero) is 1. The lowest BCUT2D eigenvalue weighted by atomic mass is 10.1. The van der Waals surface area contributed by atoms with E-state index < -0.39 is 24.3 Å². The minimum Gasteiger partial charge on any atom is -0.325 e. The van der Waals surface area contributed by atoms with Gasteiger partial charge in [-0.25, -0.2) is 4.39 Å². The number of halogens is 2. The predicted molar refractivity (Wildman–Crippen MR) is 90.7 cm³/mol. The van der Waals surface area contributed by atoms with Gasteiger partial charge in [-0.05, 0) is 35.9 Å². The summed E-state index contributed by atoms with van der Waals surface area (Å²) in [6.45, 7) is -0.932. The van der Waals surface area contributed by atoms with E-state index in [1.807, 2.05) is 0 Å². The summed E-state index contributed by atoms with van der Waals surface area (Å²) in [5.74, 6) is -1.85. The Balaban J connectivity index is 1.78. The van der Waals surface area contributed by atoms with Crippen molar-refractivity contribution < 1.29 is 18.8 Å². The number of hydrogen-bond donors (Lipinski definition) is 1. The van der Waals surface area contributed by atoms with Crippen molar-refractivity contribution in [2.24, 2.45) is 0 Å². The molecule has 0 aromatic heterocycles. The molecular formula is C17H12BrFN2O3. The molecule has 1 heterocycles. The minimum absolute atomic E-state index is 0.274. The molecule has 2 amide bonds. The zero-order chi connectivity index (χ0) is 17.3. The van der Waals surface area contributed by atoms with Gasteiger partial charge in [0.2, 0.25) is 5.91 Å². The number of fused-ring (bicyclic) bond motifs is 1. The lowest BCUT2D eigenvalue weighted by molar-refractivity contribution is -0.118. The molecule has 0 saturated carbocycles. The Labute approximate surface area is 145 Å². The van der Waals surface area contributed by atoms with Gasteiger partial charge in [0.1, 0.15) is 13.2 Å². The highest BCUT2D eigenvalue weighted by atomic mass is 79.9. The Morgan fingerprint density at radius 2 is 1.96 bits per heavy atom. The zero-order valence-corrected chi connectivity index (χ0v) is 14.0. The number of carbonyl (C=O) groups excluding carboxylic acids is 3. The molecule has 0 spiro atoms. The summed E-state index contributed by atoms with van der Waals surface area (Å²) >= 11 is 3.28. The molecule has 1 N–H and O–H groups in total. The van der Waals surface area contributed by atoms with Crippen LogP contribution in [0.25, 0.3) is 0 Å². The maximum atomic E-state index is 12.7. The Morgan fingerprint density at radius 1 is 1.17 bits per heavy atom. The number of amides is 2. The first kappa shape index (κ1) is 16.3. The van der Waals surface area contributed by atoms with Crippen molar-refractivity contribution in [3.05, 3.63) is 58.1 Å². The number of alkyl halides is 1. The average molecular weight is 391 g/mol. The quantitative estimate of drug-likeness (QED) is 0.815. The highest BCUT2D eigenvalue weighted by Gasteiger charge is 2.36. The molecule has 122 valence electrons. The molecule has 5 nitrogen and oxygen atoms in total. The zero-order valence-electron chi connectivity index (χ0n) is 12.4. The van der Waals surface area contributed by atoms with Crippen LogP contribution in [0.15, 0.2) is 46.9 Å². The Morgan fingerprint density at radius 3 is 2.71 bits per heavy atom. The standard InChI is InChI=1S/C17H12BrFN2O3/c18-11-4-5-13-14(7-11)21(17(24)16(13)23)9-15(22)20-12-3-1-2-10(6-12)8-19/h1-7H,8-9H2,(H,20,22). The van der Waals surface area contributed by atoms with Gasteiger partial charge in [0.05, 0.1) is 11.3 Å². The monoisotopic (exact) mass is 390 g/mol. The number of ketones is 1. The maximum absolute atomic E-state index is 12.7. The summed E-state index contributed by atoms with van der Waals surface area (Å²) in [5.41, 5.74) is 1.54. The van der Waals surface area contributed by atoms with Crippen molar-refractivity contribution in [2.45, 2.75) is 6.67 Å². The predicted octanol–water partition coefficient (Wildman–Crippen LogP) is 3.09. The number of benzene rings is 2. The van der Waals surface area contributed by atoms with Gasteiger partial charge in [0.25, 0.3) is 11.7 Å². The van der Waals surface area contributed by atoms with Crippen molar-refractivity contribution in [2.75, 3.05) is 16.8 Å². The molecule has 0 unspecified atom stereocenters. The minimum atomic E-state index is -0.740. The van der Waals surface area contributed by atoms with Crippen LogP contribution in [0, 0.1) is 0 Å². The molecule has 2 aromatic carbocycles. The Hall–Kier alpha value is -2.54. The van der Waals surface area contributed by atoms with Gasteiger partial charge in [-0.15, -0.1) is 0 Å². The second kappa shape index (κ2) is 6.52. The summed E-state index contributed by atoms with van der Waals surface area (Å²) in [4.78, 5) is 37.4. The molecule has 3 rings (SSSR count). The number of carbonyl (C=O) groups is 3. The summed E-state index contributed by atoms with van der Waals surface area (Å²) in [7, 11) is 0. The fourth-order valence-corrected chi connectivity index (χ4v) is 2.85. The molecule has 0 radical (unpaired) electrons. The molecule has 0 fully saturated rings. The smallest absolute Gasteiger partial charge is 0.299 e. The van der Waals surface area contributed by atoms with Crippen molar-refractivity contribution in [3.63, 3.8) is 0 Å². The first-order chi connectivity index (χ1) is 11.5. The Bertz CT molecular complexity index is 853. The third-order valence-corrected chi connectivity index (χ3v) is 4.09. The third-order valence-electron chi connectivity index (χ3n) is 3.60. The summed E-state index contributed by atoms with van der Waals surface area (Å²) in [6.07, 6.45) is 0. The molecular weight excluding hydrogens is 379 g/mol. The molecule has 0 aliphatic carbocycles. The van der Waals surface area contributed by atoms with E-state index in [0.29, 0.717) is 21.4 Å². The number of hydrogen-bond acceptors (Lipinski definition) is 3. The van der Waals surface area contributed by atoms with E-state index in [9.17, 15) is 18.8 Å². The van der Waals surface area contributed by atoms with Crippen LogP contribution < -0.4 is 10.2 Å². The molecule has 0 bridgehead atoms. The number of anilines is 2. The first-order valence-electron chi connectivity index (χ1n) is 7.10. The highest BCUT2D eigenvalue weighted by molar-refractivity contribution is 9.10. The SMILES string of the molecule is O=C(CN1C(=O)C(=O)c2ccc(Br)cc21)Nc1cccc(CF)c1. The van der Waals surface area contributed by atoms with Crippen LogP contribution in [-0.4, -0.2) is 24.1 Å². The Kier molecular flexibility index (Phi) is 4.44. The molecule has 24 heavy (non-hydrogen) atoms. The van der Waals surface area contributed by atoms with E-state index in [4.69, 9.17) is 0 Å². The maximum Gasteiger partial charge on any atom is 0.299 e. The van der Waals surface area contributed by atoms with E-state index in [-0.39, 0.29) is 12.1 Å². The van der Waals surface area contributed by atoms with Crippen LogP contribution in [0.2, 0.25) is 0 Å². The number of nitrogens with zero attached hydrogens (tertiary/aromatic N) is 1. The fourth-order valence-electron chi connectivity index (χ4n) is 2.50. The third kappa shape index (κ3) is 3.07. The first-order valence-corrected chi connectivity index (χ1v) is 7.89. The average Bonchev–Trinajstić information content (AvgIpc) is 2.79. The van der Waals surface area contributed by atoms with E-state index in [1.54, 1.807) is 36.4 Å². The van der Waals surface area contributed by atoms with Crippen molar-refractivity contribution in [3.8, 4) is 0 Å². The van der Waals surface area contributed by atoms with Crippen LogP contribution in [0.1, 0.15) is 15.9 Å². The highest BCUT2D eigenvalue weighted by Crippen LogP contribution is 2.31. The molecule has 1 aliphatic heterocycles. The molecule has 0 saturated heterocycles. The van der Waals surface area contributed by atoms with Gasteiger partial charge in [-0.3, -0.25) is 19.3 Å². The molecule has 7 heteroatoms. The van der Waals surface area contributed by atoms with E-state index >= 15 is 0 Å². The second-order valence-corrected chi connectivity index (χ2v) is 6.18. The van der Waals surface area contributed by atoms with Gasteiger partial charge >= 0.3 is 0 Å². The second-order valence-electron chi connectivity index (χ2n) is 5.26. The van der Waals surface area contributed by atoms with Gasteiger partial charge < -0.3 is 5.32 Å². The van der Waals surface area contributed by atoms with Crippen LogP contribution in [0.4, 0.5) is 15.8 Å². The lowest BCUT2D eigenvalue weighted by Gasteiger charge is -2.16. The molecule has 0 atom stereocenters. The normalized spacial score (nSPS) is 13.2. The molecule has 1 aliphatic rings. The number of rotatable bonds is 4. The van der Waals surface area contributed by atoms with Crippen LogP contribution in [0.5, 0.6) is 0 Å². The van der Waals surface area contributed by atoms with Gasteiger partial charge in [0, 0.05) is 10.2 Å². The lowest BCUT2D eigenvalue weighted by Crippen LogP contribution is -2.37.